The Morgan fingerprint density at radius 3 is 1.73 bits per heavy atom. The van der Waals surface area contributed by atoms with Gasteiger partial charge in [-0.3, -0.25) is 0 Å². The number of hydrogen-bond acceptors (Lipinski definition) is 1. The molecule has 0 bridgehead atoms. The molecule has 0 radical (unpaired) electrons. The quantitative estimate of drug-likeness (QED) is 0.610. The SMILES string of the molecule is CC(C)OC1(C(C)C)CCC1. The molecule has 0 saturated heterocycles. The van der Waals surface area contributed by atoms with Crippen molar-refractivity contribution in [3.8, 4) is 0 Å². The van der Waals surface area contributed by atoms with Crippen LogP contribution in [0.3, 0.4) is 0 Å². The molecule has 11 heavy (non-hydrogen) atoms. The fourth-order valence-corrected chi connectivity index (χ4v) is 1.83. The minimum absolute atomic E-state index is 0.244. The van der Waals surface area contributed by atoms with Gasteiger partial charge in [0.2, 0.25) is 0 Å². The Hall–Kier alpha value is -0.0400. The number of hydrogen-bond donors (Lipinski definition) is 0. The lowest BCUT2D eigenvalue weighted by Gasteiger charge is -2.46. The molecule has 0 aromatic rings. The highest BCUT2D eigenvalue weighted by Gasteiger charge is 2.41. The second-order valence-corrected chi connectivity index (χ2v) is 4.24. The van der Waals surface area contributed by atoms with E-state index in [2.05, 4.69) is 27.7 Å². The molecule has 1 aliphatic carbocycles. The van der Waals surface area contributed by atoms with Gasteiger partial charge in [-0.05, 0) is 39.0 Å². The average molecular weight is 156 g/mol. The molecule has 0 amide bonds. The van der Waals surface area contributed by atoms with E-state index in [4.69, 9.17) is 4.74 Å². The molecule has 0 aromatic carbocycles. The normalized spacial score (nSPS) is 22.4. The molecule has 1 rings (SSSR count). The van der Waals surface area contributed by atoms with Crippen molar-refractivity contribution >= 4 is 0 Å². The van der Waals surface area contributed by atoms with Crippen LogP contribution in [0.2, 0.25) is 0 Å². The van der Waals surface area contributed by atoms with Crippen molar-refractivity contribution in [3.63, 3.8) is 0 Å². The smallest absolute Gasteiger partial charge is 0.0708 e. The predicted octanol–water partition coefficient (Wildman–Crippen LogP) is 2.99. The van der Waals surface area contributed by atoms with E-state index >= 15 is 0 Å². The maximum Gasteiger partial charge on any atom is 0.0708 e. The van der Waals surface area contributed by atoms with Crippen LogP contribution in [0.25, 0.3) is 0 Å². The van der Waals surface area contributed by atoms with E-state index in [0.29, 0.717) is 12.0 Å². The van der Waals surface area contributed by atoms with Gasteiger partial charge in [-0.2, -0.15) is 0 Å². The minimum Gasteiger partial charge on any atom is -0.372 e. The molecule has 1 nitrogen and oxygen atoms in total. The molecule has 66 valence electrons. The highest BCUT2D eigenvalue weighted by molar-refractivity contribution is 4.92. The Balaban J connectivity index is 2.47. The summed E-state index contributed by atoms with van der Waals surface area (Å²) >= 11 is 0. The maximum atomic E-state index is 5.94. The molecule has 0 spiro atoms. The van der Waals surface area contributed by atoms with Crippen LogP contribution in [0.1, 0.15) is 47.0 Å². The van der Waals surface area contributed by atoms with Gasteiger partial charge in [0.15, 0.2) is 0 Å². The Bertz CT molecular complexity index is 123. The van der Waals surface area contributed by atoms with Crippen LogP contribution >= 0.6 is 0 Å². The first kappa shape index (κ1) is 9.05. The maximum absolute atomic E-state index is 5.94. The first-order valence-corrected chi connectivity index (χ1v) is 4.75. The molecule has 0 heterocycles. The monoisotopic (exact) mass is 156 g/mol. The third-order valence-electron chi connectivity index (χ3n) is 2.72. The Kier molecular flexibility index (Phi) is 2.58. The van der Waals surface area contributed by atoms with Gasteiger partial charge in [0, 0.05) is 0 Å². The molecule has 1 fully saturated rings. The summed E-state index contributed by atoms with van der Waals surface area (Å²) in [4.78, 5) is 0. The summed E-state index contributed by atoms with van der Waals surface area (Å²) in [6, 6.07) is 0. The van der Waals surface area contributed by atoms with Crippen molar-refractivity contribution in [2.24, 2.45) is 5.92 Å². The van der Waals surface area contributed by atoms with Crippen molar-refractivity contribution in [1.82, 2.24) is 0 Å². The van der Waals surface area contributed by atoms with Gasteiger partial charge in [-0.1, -0.05) is 13.8 Å². The second kappa shape index (κ2) is 3.14. The number of ether oxygens (including phenoxy) is 1. The van der Waals surface area contributed by atoms with Crippen LogP contribution in [0, 0.1) is 5.92 Å². The fourth-order valence-electron chi connectivity index (χ4n) is 1.83. The molecule has 1 heteroatoms. The molecule has 0 unspecified atom stereocenters. The second-order valence-electron chi connectivity index (χ2n) is 4.24. The third-order valence-corrected chi connectivity index (χ3v) is 2.72. The van der Waals surface area contributed by atoms with E-state index in [-0.39, 0.29) is 5.60 Å². The lowest BCUT2D eigenvalue weighted by Crippen LogP contribution is -2.46. The van der Waals surface area contributed by atoms with Crippen LogP contribution < -0.4 is 0 Å². The lowest BCUT2D eigenvalue weighted by atomic mass is 9.72. The van der Waals surface area contributed by atoms with E-state index in [1.165, 1.54) is 19.3 Å². The molecule has 0 N–H and O–H groups in total. The molecular weight excluding hydrogens is 136 g/mol. The van der Waals surface area contributed by atoms with Crippen molar-refractivity contribution in [2.75, 3.05) is 0 Å². The van der Waals surface area contributed by atoms with Crippen LogP contribution in [0.15, 0.2) is 0 Å². The summed E-state index contributed by atoms with van der Waals surface area (Å²) < 4.78 is 5.94. The van der Waals surface area contributed by atoms with Gasteiger partial charge in [0.1, 0.15) is 0 Å². The van der Waals surface area contributed by atoms with Gasteiger partial charge in [-0.15, -0.1) is 0 Å². The highest BCUT2D eigenvalue weighted by atomic mass is 16.5. The van der Waals surface area contributed by atoms with E-state index in [0.717, 1.165) is 0 Å². The van der Waals surface area contributed by atoms with Crippen LogP contribution in [0.4, 0.5) is 0 Å². The van der Waals surface area contributed by atoms with Crippen LogP contribution in [-0.2, 0) is 4.74 Å². The Labute approximate surface area is 70.1 Å². The lowest BCUT2D eigenvalue weighted by molar-refractivity contribution is -0.155. The van der Waals surface area contributed by atoms with Crippen molar-refractivity contribution in [1.29, 1.82) is 0 Å². The third kappa shape index (κ3) is 1.76. The molecule has 0 aliphatic heterocycles. The van der Waals surface area contributed by atoms with Crippen molar-refractivity contribution < 1.29 is 4.74 Å². The van der Waals surface area contributed by atoms with Gasteiger partial charge in [-0.25, -0.2) is 0 Å². The molecule has 1 saturated carbocycles. The predicted molar refractivity (Wildman–Crippen MR) is 47.6 cm³/mol. The number of rotatable bonds is 3. The van der Waals surface area contributed by atoms with Crippen LogP contribution in [-0.4, -0.2) is 11.7 Å². The van der Waals surface area contributed by atoms with Crippen molar-refractivity contribution in [2.45, 2.75) is 58.7 Å². The van der Waals surface area contributed by atoms with Gasteiger partial charge >= 0.3 is 0 Å². The minimum atomic E-state index is 0.244. The van der Waals surface area contributed by atoms with Crippen LogP contribution in [0.5, 0.6) is 0 Å². The zero-order chi connectivity index (χ0) is 8.48. The first-order chi connectivity index (χ1) is 5.07. The summed E-state index contributed by atoms with van der Waals surface area (Å²) in [6.45, 7) is 8.79. The average Bonchev–Trinajstić information content (AvgIpc) is 1.77. The molecule has 0 aromatic heterocycles. The fraction of sp³-hybridized carbons (Fsp3) is 1.00. The van der Waals surface area contributed by atoms with Gasteiger partial charge in [0.25, 0.3) is 0 Å². The Morgan fingerprint density at radius 1 is 1.09 bits per heavy atom. The summed E-state index contributed by atoms with van der Waals surface area (Å²) in [5.74, 6) is 0.679. The summed E-state index contributed by atoms with van der Waals surface area (Å²) in [6.07, 6.45) is 4.27. The summed E-state index contributed by atoms with van der Waals surface area (Å²) in [5.41, 5.74) is 0.244. The van der Waals surface area contributed by atoms with Gasteiger partial charge < -0.3 is 4.74 Å². The highest BCUT2D eigenvalue weighted by Crippen LogP contribution is 2.42. The zero-order valence-electron chi connectivity index (χ0n) is 8.18. The van der Waals surface area contributed by atoms with E-state index in [1.807, 2.05) is 0 Å². The summed E-state index contributed by atoms with van der Waals surface area (Å²) in [5, 5.41) is 0. The van der Waals surface area contributed by atoms with E-state index < -0.39 is 0 Å². The van der Waals surface area contributed by atoms with E-state index in [9.17, 15) is 0 Å². The molecule has 0 atom stereocenters. The Morgan fingerprint density at radius 2 is 1.64 bits per heavy atom. The summed E-state index contributed by atoms with van der Waals surface area (Å²) in [7, 11) is 0. The van der Waals surface area contributed by atoms with Gasteiger partial charge in [0.05, 0.1) is 11.7 Å². The largest absolute Gasteiger partial charge is 0.372 e. The van der Waals surface area contributed by atoms with Crippen molar-refractivity contribution in [3.05, 3.63) is 0 Å². The zero-order valence-corrected chi connectivity index (χ0v) is 8.18. The standard InChI is InChI=1S/C10H20O/c1-8(2)10(6-5-7-10)11-9(3)4/h8-9H,5-7H2,1-4H3. The molecule has 1 aliphatic rings. The molecular formula is C10H20O. The first-order valence-electron chi connectivity index (χ1n) is 4.75. The topological polar surface area (TPSA) is 9.23 Å². The van der Waals surface area contributed by atoms with E-state index in [1.54, 1.807) is 0 Å².